The molecule has 0 spiro atoms. The molecule has 1 fully saturated rings. The van der Waals surface area contributed by atoms with E-state index in [1.54, 1.807) is 42.3 Å². The number of carbonyl (C=O) groups is 1. The molecule has 1 amide bonds. The zero-order valence-corrected chi connectivity index (χ0v) is 23.7. The van der Waals surface area contributed by atoms with E-state index in [4.69, 9.17) is 4.98 Å². The molecule has 1 aliphatic rings. The molecule has 2 heterocycles. The number of anilines is 3. The fourth-order valence-electron chi connectivity index (χ4n) is 4.90. The van der Waals surface area contributed by atoms with Crippen LogP contribution in [0.4, 0.5) is 17.3 Å². The Bertz CT molecular complexity index is 1640. The SMILES string of the molecule is CC(=O)Nc1cc2nc(N(C)c3ccc(S(=O)(=O)NCCN4CCCC4)cc3)nnc2cc1-c1ccccc1C. The van der Waals surface area contributed by atoms with Crippen molar-refractivity contribution in [1.82, 2.24) is 24.8 Å². The molecule has 0 atom stereocenters. The third-order valence-electron chi connectivity index (χ3n) is 7.08. The maximum Gasteiger partial charge on any atom is 0.250 e. The molecular weight excluding hydrogens is 526 g/mol. The second kappa shape index (κ2) is 11.7. The van der Waals surface area contributed by atoms with Gasteiger partial charge in [-0.3, -0.25) is 4.79 Å². The number of carbonyl (C=O) groups excluding carboxylic acids is 1. The Labute approximate surface area is 234 Å². The molecule has 40 heavy (non-hydrogen) atoms. The van der Waals surface area contributed by atoms with Gasteiger partial charge >= 0.3 is 0 Å². The van der Waals surface area contributed by atoms with Gasteiger partial charge < -0.3 is 15.1 Å². The fourth-order valence-corrected chi connectivity index (χ4v) is 5.92. The summed E-state index contributed by atoms with van der Waals surface area (Å²) in [6.07, 6.45) is 2.34. The van der Waals surface area contributed by atoms with E-state index < -0.39 is 10.0 Å². The number of aromatic nitrogens is 3. The molecule has 0 aliphatic carbocycles. The summed E-state index contributed by atoms with van der Waals surface area (Å²) in [7, 11) is -1.82. The average Bonchev–Trinajstić information content (AvgIpc) is 3.46. The minimum Gasteiger partial charge on any atom is -0.326 e. The topological polar surface area (TPSA) is 120 Å². The number of aryl methyl sites for hydroxylation is 1. The minimum atomic E-state index is -3.61. The first-order valence-electron chi connectivity index (χ1n) is 13.3. The van der Waals surface area contributed by atoms with E-state index in [0.717, 1.165) is 29.8 Å². The van der Waals surface area contributed by atoms with E-state index >= 15 is 0 Å². The number of hydrogen-bond donors (Lipinski definition) is 2. The molecule has 0 saturated carbocycles. The largest absolute Gasteiger partial charge is 0.326 e. The summed E-state index contributed by atoms with van der Waals surface area (Å²) in [6, 6.07) is 18.2. The second-order valence-corrected chi connectivity index (χ2v) is 11.8. The van der Waals surface area contributed by atoms with Gasteiger partial charge in [0.1, 0.15) is 5.52 Å². The summed E-state index contributed by atoms with van der Waals surface area (Å²) in [4.78, 5) is 20.9. The summed E-state index contributed by atoms with van der Waals surface area (Å²) in [5.41, 5.74) is 5.38. The van der Waals surface area contributed by atoms with Crippen molar-refractivity contribution in [3.8, 4) is 11.1 Å². The quantitative estimate of drug-likeness (QED) is 0.315. The Morgan fingerprint density at radius 2 is 1.70 bits per heavy atom. The molecule has 5 rings (SSSR count). The predicted octanol–water partition coefficient (Wildman–Crippen LogP) is 4.10. The Balaban J connectivity index is 1.37. The molecule has 208 valence electrons. The smallest absolute Gasteiger partial charge is 0.250 e. The second-order valence-electron chi connectivity index (χ2n) is 9.99. The third kappa shape index (κ3) is 6.11. The van der Waals surface area contributed by atoms with Gasteiger partial charge in [-0.05, 0) is 80.4 Å². The molecule has 10 nitrogen and oxygen atoms in total. The van der Waals surface area contributed by atoms with Crippen LogP contribution in [0.15, 0.2) is 65.6 Å². The molecule has 0 bridgehead atoms. The van der Waals surface area contributed by atoms with E-state index in [1.807, 2.05) is 37.3 Å². The lowest BCUT2D eigenvalue weighted by Gasteiger charge is -2.18. The van der Waals surface area contributed by atoms with Crippen molar-refractivity contribution in [2.75, 3.05) is 43.4 Å². The van der Waals surface area contributed by atoms with Gasteiger partial charge in [0.05, 0.1) is 16.1 Å². The first-order valence-corrected chi connectivity index (χ1v) is 14.8. The van der Waals surface area contributed by atoms with Gasteiger partial charge in [0, 0.05) is 38.3 Å². The minimum absolute atomic E-state index is 0.186. The zero-order valence-electron chi connectivity index (χ0n) is 22.9. The van der Waals surface area contributed by atoms with Crippen molar-refractivity contribution in [2.45, 2.75) is 31.6 Å². The van der Waals surface area contributed by atoms with Crippen molar-refractivity contribution in [3.05, 3.63) is 66.2 Å². The molecule has 11 heteroatoms. The molecule has 1 aromatic heterocycles. The number of amides is 1. The van der Waals surface area contributed by atoms with Crippen LogP contribution in [0, 0.1) is 6.92 Å². The molecule has 0 unspecified atom stereocenters. The summed E-state index contributed by atoms with van der Waals surface area (Å²) in [5.74, 6) is 0.151. The molecule has 1 aliphatic heterocycles. The van der Waals surface area contributed by atoms with Gasteiger partial charge in [0.2, 0.25) is 21.9 Å². The summed E-state index contributed by atoms with van der Waals surface area (Å²) in [6.45, 7) is 6.62. The number of benzene rings is 3. The molecular formula is C29H33N7O3S. The van der Waals surface area contributed by atoms with Crippen LogP contribution in [0.3, 0.4) is 0 Å². The standard InChI is InChI=1S/C29H33N7O3S/c1-20-8-4-5-9-24(20)25-18-28-27(19-26(25)31-21(2)37)32-29(34-33-28)35(3)22-10-12-23(13-11-22)40(38,39)30-14-17-36-15-6-7-16-36/h4-5,8-13,18-19,30H,6-7,14-17H2,1-3H3,(H,31,37). The number of sulfonamides is 1. The molecule has 1 saturated heterocycles. The van der Waals surface area contributed by atoms with Gasteiger partial charge in [0.15, 0.2) is 0 Å². The molecule has 2 N–H and O–H groups in total. The normalized spacial score (nSPS) is 14.0. The van der Waals surface area contributed by atoms with E-state index in [9.17, 15) is 13.2 Å². The van der Waals surface area contributed by atoms with Crippen molar-refractivity contribution >= 4 is 44.3 Å². The molecule has 3 aromatic carbocycles. The highest BCUT2D eigenvalue weighted by Crippen LogP contribution is 2.34. The number of rotatable bonds is 9. The van der Waals surface area contributed by atoms with Gasteiger partial charge in [-0.25, -0.2) is 18.1 Å². The van der Waals surface area contributed by atoms with E-state index in [1.165, 1.54) is 19.8 Å². The molecule has 4 aromatic rings. The first-order chi connectivity index (χ1) is 19.2. The Kier molecular flexibility index (Phi) is 8.06. The van der Waals surface area contributed by atoms with Gasteiger partial charge in [0.25, 0.3) is 0 Å². The number of nitrogens with zero attached hydrogens (tertiary/aromatic N) is 5. The van der Waals surface area contributed by atoms with Crippen LogP contribution in [0.5, 0.6) is 0 Å². The van der Waals surface area contributed by atoms with Crippen molar-refractivity contribution < 1.29 is 13.2 Å². The fraction of sp³-hybridized carbons (Fsp3) is 0.310. The van der Waals surface area contributed by atoms with Crippen LogP contribution in [0.1, 0.15) is 25.3 Å². The van der Waals surface area contributed by atoms with Gasteiger partial charge in [-0.2, -0.15) is 0 Å². The highest BCUT2D eigenvalue weighted by atomic mass is 32.2. The molecule has 0 radical (unpaired) electrons. The van der Waals surface area contributed by atoms with Crippen LogP contribution in [0.25, 0.3) is 22.2 Å². The number of fused-ring (bicyclic) bond motifs is 1. The van der Waals surface area contributed by atoms with E-state index in [0.29, 0.717) is 41.4 Å². The Morgan fingerprint density at radius 3 is 2.40 bits per heavy atom. The number of likely N-dealkylation sites (tertiary alicyclic amines) is 1. The summed E-state index contributed by atoms with van der Waals surface area (Å²) in [5, 5.41) is 11.6. The lowest BCUT2D eigenvalue weighted by molar-refractivity contribution is -0.114. The lowest BCUT2D eigenvalue weighted by Crippen LogP contribution is -2.33. The van der Waals surface area contributed by atoms with Crippen molar-refractivity contribution in [1.29, 1.82) is 0 Å². The summed E-state index contributed by atoms with van der Waals surface area (Å²) < 4.78 is 28.2. The van der Waals surface area contributed by atoms with E-state index in [2.05, 4.69) is 25.1 Å². The van der Waals surface area contributed by atoms with Crippen LogP contribution < -0.4 is 14.9 Å². The lowest BCUT2D eigenvalue weighted by atomic mass is 9.98. The number of nitrogens with one attached hydrogen (secondary N) is 2. The first kappa shape index (κ1) is 27.6. The monoisotopic (exact) mass is 559 g/mol. The highest BCUT2D eigenvalue weighted by molar-refractivity contribution is 7.89. The van der Waals surface area contributed by atoms with Crippen LogP contribution >= 0.6 is 0 Å². The van der Waals surface area contributed by atoms with Crippen LogP contribution in [-0.2, 0) is 14.8 Å². The Morgan fingerprint density at radius 1 is 0.975 bits per heavy atom. The van der Waals surface area contributed by atoms with Gasteiger partial charge in [-0.1, -0.05) is 24.3 Å². The zero-order chi connectivity index (χ0) is 28.3. The maximum absolute atomic E-state index is 12.8. The number of hydrogen-bond acceptors (Lipinski definition) is 8. The van der Waals surface area contributed by atoms with Crippen LogP contribution in [0.2, 0.25) is 0 Å². The van der Waals surface area contributed by atoms with E-state index in [-0.39, 0.29) is 10.8 Å². The predicted molar refractivity (Wildman–Crippen MR) is 157 cm³/mol. The highest BCUT2D eigenvalue weighted by Gasteiger charge is 2.18. The van der Waals surface area contributed by atoms with Crippen LogP contribution in [-0.4, -0.2) is 67.6 Å². The third-order valence-corrected chi connectivity index (χ3v) is 8.56. The maximum atomic E-state index is 12.8. The Hall–Kier alpha value is -3.93. The summed E-state index contributed by atoms with van der Waals surface area (Å²) >= 11 is 0. The average molecular weight is 560 g/mol. The van der Waals surface area contributed by atoms with Gasteiger partial charge in [-0.15, -0.1) is 10.2 Å². The van der Waals surface area contributed by atoms with Crippen molar-refractivity contribution in [3.63, 3.8) is 0 Å². The van der Waals surface area contributed by atoms with Crippen molar-refractivity contribution in [2.24, 2.45) is 0 Å².